The molecular weight excluding hydrogens is 396 g/mol. The van der Waals surface area contributed by atoms with Gasteiger partial charge >= 0.3 is 0 Å². The van der Waals surface area contributed by atoms with E-state index in [9.17, 15) is 5.11 Å². The second-order valence-corrected chi connectivity index (χ2v) is 6.85. The molecule has 1 aromatic heterocycles. The Morgan fingerprint density at radius 3 is 2.13 bits per heavy atom. The lowest BCUT2D eigenvalue weighted by molar-refractivity contribution is 0.272. The van der Waals surface area contributed by atoms with Gasteiger partial charge in [-0.3, -0.25) is 0 Å². The van der Waals surface area contributed by atoms with Crippen LogP contribution in [0.3, 0.4) is 0 Å². The largest absolute Gasteiger partial charge is 0.493 e. The van der Waals surface area contributed by atoms with E-state index in [2.05, 4.69) is 5.32 Å². The molecule has 0 amide bonds. The highest BCUT2D eigenvalue weighted by molar-refractivity contribution is 6.06. The third-order valence-electron chi connectivity index (χ3n) is 5.19. The first-order valence-electron chi connectivity index (χ1n) is 9.71. The number of methoxy groups -OCH3 is 4. The van der Waals surface area contributed by atoms with Gasteiger partial charge in [0, 0.05) is 28.1 Å². The molecule has 0 bridgehead atoms. The van der Waals surface area contributed by atoms with Crippen LogP contribution in [0, 0.1) is 0 Å². The Morgan fingerprint density at radius 1 is 0.839 bits per heavy atom. The molecule has 7 nitrogen and oxygen atoms in total. The molecule has 1 heterocycles. The van der Waals surface area contributed by atoms with E-state index in [0.717, 1.165) is 16.5 Å². The molecule has 4 rings (SSSR count). The molecule has 0 saturated carbocycles. The van der Waals surface area contributed by atoms with Gasteiger partial charge in [0.05, 0.1) is 51.8 Å². The van der Waals surface area contributed by atoms with Crippen LogP contribution in [-0.4, -0.2) is 38.5 Å². The maximum atomic E-state index is 10.2. The van der Waals surface area contributed by atoms with E-state index in [1.807, 2.05) is 48.5 Å². The minimum Gasteiger partial charge on any atom is -0.493 e. The highest BCUT2D eigenvalue weighted by Gasteiger charge is 2.23. The molecule has 0 aliphatic carbocycles. The van der Waals surface area contributed by atoms with Crippen LogP contribution in [0.15, 0.2) is 48.5 Å². The van der Waals surface area contributed by atoms with E-state index in [1.54, 1.807) is 28.4 Å². The number of nitrogens with one attached hydrogen (secondary N) is 1. The van der Waals surface area contributed by atoms with E-state index < -0.39 is 0 Å². The number of anilines is 2. The Labute approximate surface area is 180 Å². The number of hydrogen-bond acceptors (Lipinski definition) is 7. The van der Waals surface area contributed by atoms with Crippen molar-refractivity contribution in [2.45, 2.75) is 6.61 Å². The highest BCUT2D eigenvalue weighted by Crippen LogP contribution is 2.47. The average molecular weight is 420 g/mol. The Balaban J connectivity index is 2.10. The number of nitrogens with zero attached hydrogens (tertiary/aromatic N) is 1. The van der Waals surface area contributed by atoms with Crippen LogP contribution < -0.4 is 24.3 Å². The van der Waals surface area contributed by atoms with Gasteiger partial charge in [0.15, 0.2) is 23.0 Å². The summed E-state index contributed by atoms with van der Waals surface area (Å²) >= 11 is 0. The normalized spacial score (nSPS) is 10.9. The number of aliphatic hydroxyl groups is 1. The van der Waals surface area contributed by atoms with Gasteiger partial charge in [0.1, 0.15) is 0 Å². The Morgan fingerprint density at radius 2 is 1.52 bits per heavy atom. The predicted octanol–water partition coefficient (Wildman–Crippen LogP) is 4.66. The fraction of sp³-hybridized carbons (Fsp3) is 0.208. The minimum atomic E-state index is -0.257. The standard InChI is InChI=1S/C24H24N2O5/c1-28-19-11-14-10-16-21(26-18(14)12-20(19)29-2)17(13-27)23(30-3)24(31-4)22(16)25-15-8-6-5-7-9-15/h5-12,25,27H,13H2,1-4H3. The monoisotopic (exact) mass is 420 g/mol. The lowest BCUT2D eigenvalue weighted by Gasteiger charge is -2.20. The van der Waals surface area contributed by atoms with E-state index in [0.29, 0.717) is 45.3 Å². The Kier molecular flexibility index (Phi) is 5.68. The zero-order valence-corrected chi connectivity index (χ0v) is 17.9. The van der Waals surface area contributed by atoms with Crippen molar-refractivity contribution >= 4 is 33.2 Å². The van der Waals surface area contributed by atoms with E-state index in [-0.39, 0.29) is 6.61 Å². The number of benzene rings is 3. The summed E-state index contributed by atoms with van der Waals surface area (Å²) in [5, 5.41) is 15.2. The molecule has 160 valence electrons. The van der Waals surface area contributed by atoms with Gasteiger partial charge in [0.25, 0.3) is 0 Å². The number of ether oxygens (including phenoxy) is 4. The summed E-state index contributed by atoms with van der Waals surface area (Å²) in [7, 11) is 6.30. The van der Waals surface area contributed by atoms with Crippen molar-refractivity contribution < 1.29 is 24.1 Å². The van der Waals surface area contributed by atoms with Crippen LogP contribution >= 0.6 is 0 Å². The van der Waals surface area contributed by atoms with Crippen molar-refractivity contribution in [3.05, 3.63) is 54.1 Å². The minimum absolute atomic E-state index is 0.257. The first kappa shape index (κ1) is 20.6. The summed E-state index contributed by atoms with van der Waals surface area (Å²) in [4.78, 5) is 4.85. The number of para-hydroxylation sites is 1. The molecule has 0 aliphatic rings. The number of pyridine rings is 1. The molecule has 0 unspecified atom stereocenters. The van der Waals surface area contributed by atoms with Crippen LogP contribution in [0.4, 0.5) is 11.4 Å². The molecule has 2 N–H and O–H groups in total. The second-order valence-electron chi connectivity index (χ2n) is 6.85. The van der Waals surface area contributed by atoms with Gasteiger partial charge in [0.2, 0.25) is 0 Å². The lowest BCUT2D eigenvalue weighted by Crippen LogP contribution is -2.04. The summed E-state index contributed by atoms with van der Waals surface area (Å²) in [6.45, 7) is -0.257. The molecule has 4 aromatic rings. The summed E-state index contributed by atoms with van der Waals surface area (Å²) < 4.78 is 22.2. The van der Waals surface area contributed by atoms with Crippen molar-refractivity contribution in [2.75, 3.05) is 33.8 Å². The van der Waals surface area contributed by atoms with Crippen LogP contribution in [0.25, 0.3) is 21.8 Å². The summed E-state index contributed by atoms with van der Waals surface area (Å²) in [5.74, 6) is 2.11. The molecule has 0 spiro atoms. The average Bonchev–Trinajstić information content (AvgIpc) is 2.82. The second kappa shape index (κ2) is 8.57. The number of rotatable bonds is 7. The van der Waals surface area contributed by atoms with E-state index in [1.165, 1.54) is 0 Å². The number of fused-ring (bicyclic) bond motifs is 2. The van der Waals surface area contributed by atoms with Gasteiger partial charge in [-0.25, -0.2) is 4.98 Å². The predicted molar refractivity (Wildman–Crippen MR) is 121 cm³/mol. The first-order chi connectivity index (χ1) is 15.1. The summed E-state index contributed by atoms with van der Waals surface area (Å²) in [5.41, 5.74) is 3.44. The van der Waals surface area contributed by atoms with Crippen molar-refractivity contribution in [3.63, 3.8) is 0 Å². The number of aliphatic hydroxyl groups excluding tert-OH is 1. The van der Waals surface area contributed by atoms with Gasteiger partial charge in [-0.1, -0.05) is 18.2 Å². The maximum absolute atomic E-state index is 10.2. The zero-order valence-electron chi connectivity index (χ0n) is 17.9. The van der Waals surface area contributed by atoms with E-state index in [4.69, 9.17) is 23.9 Å². The van der Waals surface area contributed by atoms with Crippen molar-refractivity contribution in [1.29, 1.82) is 0 Å². The number of aromatic nitrogens is 1. The van der Waals surface area contributed by atoms with Crippen LogP contribution in [0.1, 0.15) is 5.56 Å². The quantitative estimate of drug-likeness (QED) is 0.421. The molecule has 7 heteroatoms. The fourth-order valence-corrected chi connectivity index (χ4v) is 3.75. The molecular formula is C24H24N2O5. The van der Waals surface area contributed by atoms with Gasteiger partial charge in [-0.2, -0.15) is 0 Å². The zero-order chi connectivity index (χ0) is 22.0. The summed E-state index contributed by atoms with van der Waals surface area (Å²) in [6.07, 6.45) is 0. The smallest absolute Gasteiger partial charge is 0.185 e. The third-order valence-corrected chi connectivity index (χ3v) is 5.19. The maximum Gasteiger partial charge on any atom is 0.185 e. The molecule has 3 aromatic carbocycles. The van der Waals surface area contributed by atoms with Crippen LogP contribution in [0.5, 0.6) is 23.0 Å². The molecule has 0 fully saturated rings. The first-order valence-corrected chi connectivity index (χ1v) is 9.71. The Bertz CT molecular complexity index is 1240. The topological polar surface area (TPSA) is 82.1 Å². The molecule has 0 radical (unpaired) electrons. The van der Waals surface area contributed by atoms with Crippen LogP contribution in [-0.2, 0) is 6.61 Å². The van der Waals surface area contributed by atoms with Crippen molar-refractivity contribution in [2.24, 2.45) is 0 Å². The summed E-state index contributed by atoms with van der Waals surface area (Å²) in [6, 6.07) is 15.4. The van der Waals surface area contributed by atoms with Crippen LogP contribution in [0.2, 0.25) is 0 Å². The molecule has 0 saturated heterocycles. The van der Waals surface area contributed by atoms with Gasteiger partial charge < -0.3 is 29.4 Å². The molecule has 0 atom stereocenters. The third kappa shape index (κ3) is 3.53. The van der Waals surface area contributed by atoms with Gasteiger partial charge in [-0.05, 0) is 24.3 Å². The number of hydrogen-bond donors (Lipinski definition) is 2. The lowest BCUT2D eigenvalue weighted by atomic mass is 10.0. The fourth-order valence-electron chi connectivity index (χ4n) is 3.75. The highest BCUT2D eigenvalue weighted by atomic mass is 16.5. The molecule has 0 aliphatic heterocycles. The SMILES string of the molecule is COc1cc2cc3c(Nc4ccccc4)c(OC)c(OC)c(CO)c3nc2cc1OC. The molecule has 31 heavy (non-hydrogen) atoms. The van der Waals surface area contributed by atoms with Gasteiger partial charge in [-0.15, -0.1) is 0 Å². The van der Waals surface area contributed by atoms with Crippen molar-refractivity contribution in [1.82, 2.24) is 4.98 Å². The van der Waals surface area contributed by atoms with Crippen molar-refractivity contribution in [3.8, 4) is 23.0 Å². The van der Waals surface area contributed by atoms with E-state index >= 15 is 0 Å². The Hall–Kier alpha value is -3.71.